The van der Waals surface area contributed by atoms with Crippen LogP contribution in [0.2, 0.25) is 0 Å². The van der Waals surface area contributed by atoms with Crippen LogP contribution in [0.3, 0.4) is 0 Å². The Labute approximate surface area is 132 Å². The van der Waals surface area contributed by atoms with Gasteiger partial charge in [-0.05, 0) is 6.07 Å². The zero-order valence-corrected chi connectivity index (χ0v) is 12.5. The molecule has 8 nitrogen and oxygen atoms in total. The quantitative estimate of drug-likeness (QED) is 0.746. The zero-order chi connectivity index (χ0) is 15.2. The predicted octanol–water partition coefficient (Wildman–Crippen LogP) is 0.715. The number of H-pyrrole nitrogens is 1. The fraction of sp³-hybridized carbons (Fsp3) is 0.400. The van der Waals surface area contributed by atoms with Crippen LogP contribution >= 0.6 is 0 Å². The average molecular weight is 308 g/mol. The van der Waals surface area contributed by atoms with Crippen molar-refractivity contribution in [3.05, 3.63) is 31.0 Å². The van der Waals surface area contributed by atoms with Gasteiger partial charge >= 0.3 is 0 Å². The molecule has 0 bridgehead atoms. The van der Waals surface area contributed by atoms with Gasteiger partial charge in [0.15, 0.2) is 5.65 Å². The summed E-state index contributed by atoms with van der Waals surface area (Å²) in [6.45, 7) is 4.02. The van der Waals surface area contributed by atoms with E-state index in [9.17, 15) is 0 Å². The molecule has 2 aliphatic heterocycles. The monoisotopic (exact) mass is 308 g/mol. The Morgan fingerprint density at radius 2 is 1.65 bits per heavy atom. The van der Waals surface area contributed by atoms with Crippen molar-refractivity contribution in [2.24, 2.45) is 11.8 Å². The molecule has 1 N–H and O–H groups in total. The molecule has 0 radical (unpaired) electrons. The van der Waals surface area contributed by atoms with Crippen molar-refractivity contribution in [1.82, 2.24) is 30.1 Å². The van der Waals surface area contributed by atoms with E-state index in [4.69, 9.17) is 0 Å². The van der Waals surface area contributed by atoms with E-state index in [-0.39, 0.29) is 0 Å². The maximum Gasteiger partial charge on any atom is 0.225 e. The maximum absolute atomic E-state index is 4.48. The number of nitrogens with one attached hydrogen (secondary N) is 1. The molecule has 5 heterocycles. The Hall–Kier alpha value is -2.77. The molecule has 3 aromatic heterocycles. The lowest BCUT2D eigenvalue weighted by molar-refractivity contribution is 0.533. The van der Waals surface area contributed by atoms with Gasteiger partial charge in [0.05, 0.1) is 11.6 Å². The molecule has 3 aromatic rings. The third-order valence-electron chi connectivity index (χ3n) is 4.85. The van der Waals surface area contributed by atoms with Crippen LogP contribution in [0.1, 0.15) is 0 Å². The van der Waals surface area contributed by atoms with Crippen molar-refractivity contribution < 1.29 is 0 Å². The van der Waals surface area contributed by atoms with Gasteiger partial charge in [0, 0.05) is 50.4 Å². The molecule has 0 aromatic carbocycles. The van der Waals surface area contributed by atoms with E-state index < -0.39 is 0 Å². The summed E-state index contributed by atoms with van der Waals surface area (Å²) >= 11 is 0. The Morgan fingerprint density at radius 3 is 2.43 bits per heavy atom. The van der Waals surface area contributed by atoms with E-state index in [1.807, 2.05) is 12.3 Å². The fourth-order valence-corrected chi connectivity index (χ4v) is 3.79. The van der Waals surface area contributed by atoms with Crippen molar-refractivity contribution >= 4 is 22.8 Å². The molecule has 2 saturated heterocycles. The third kappa shape index (κ3) is 2.01. The standard InChI is InChI=1S/C15H16N8/c1-2-16-15(17-3-1)23-7-10-5-22(6-11(10)8-23)14-12-4-20-21-13(12)18-9-19-14/h1-4,9-11H,5-8H2,(H,18,19,20,21). The van der Waals surface area contributed by atoms with Crippen LogP contribution < -0.4 is 9.80 Å². The van der Waals surface area contributed by atoms with Gasteiger partial charge < -0.3 is 9.80 Å². The largest absolute Gasteiger partial charge is 0.355 e. The van der Waals surface area contributed by atoms with E-state index in [0.717, 1.165) is 49.0 Å². The number of fused-ring (bicyclic) bond motifs is 2. The maximum atomic E-state index is 4.48. The highest BCUT2D eigenvalue weighted by molar-refractivity contribution is 5.86. The first-order valence-corrected chi connectivity index (χ1v) is 7.79. The number of aromatic nitrogens is 6. The second-order valence-corrected chi connectivity index (χ2v) is 6.21. The molecule has 0 amide bonds. The van der Waals surface area contributed by atoms with Gasteiger partial charge in [-0.1, -0.05) is 0 Å². The molecular formula is C15H16N8. The van der Waals surface area contributed by atoms with E-state index in [0.29, 0.717) is 11.8 Å². The van der Waals surface area contributed by atoms with Crippen molar-refractivity contribution in [3.63, 3.8) is 0 Å². The molecule has 116 valence electrons. The molecule has 0 saturated carbocycles. The molecule has 8 heteroatoms. The second-order valence-electron chi connectivity index (χ2n) is 6.21. The Balaban J connectivity index is 1.37. The van der Waals surface area contributed by atoms with Crippen LogP contribution in [0.15, 0.2) is 31.0 Å². The van der Waals surface area contributed by atoms with Gasteiger partial charge in [-0.2, -0.15) is 5.10 Å². The van der Waals surface area contributed by atoms with Crippen molar-refractivity contribution in [1.29, 1.82) is 0 Å². The van der Waals surface area contributed by atoms with E-state index in [1.165, 1.54) is 0 Å². The Kier molecular flexibility index (Phi) is 2.70. The number of aromatic amines is 1. The molecule has 0 spiro atoms. The molecule has 23 heavy (non-hydrogen) atoms. The van der Waals surface area contributed by atoms with Crippen LogP contribution in [0.25, 0.3) is 11.0 Å². The molecule has 2 unspecified atom stereocenters. The highest BCUT2D eigenvalue weighted by Crippen LogP contribution is 2.35. The average Bonchev–Trinajstić information content (AvgIpc) is 3.29. The number of nitrogens with zero attached hydrogens (tertiary/aromatic N) is 7. The minimum absolute atomic E-state index is 0.621. The summed E-state index contributed by atoms with van der Waals surface area (Å²) < 4.78 is 0. The molecule has 5 rings (SSSR count). The summed E-state index contributed by atoms with van der Waals surface area (Å²) in [5.74, 6) is 3.07. The Morgan fingerprint density at radius 1 is 0.913 bits per heavy atom. The lowest BCUT2D eigenvalue weighted by Crippen LogP contribution is -2.30. The first-order valence-electron chi connectivity index (χ1n) is 7.79. The normalized spacial score (nSPS) is 23.7. The fourth-order valence-electron chi connectivity index (χ4n) is 3.79. The molecule has 2 atom stereocenters. The second kappa shape index (κ2) is 4.87. The van der Waals surface area contributed by atoms with E-state index >= 15 is 0 Å². The highest BCUT2D eigenvalue weighted by atomic mass is 15.3. The number of hydrogen-bond donors (Lipinski definition) is 1. The lowest BCUT2D eigenvalue weighted by atomic mass is 10.0. The van der Waals surface area contributed by atoms with Crippen molar-refractivity contribution in [2.45, 2.75) is 0 Å². The molecule has 0 aliphatic carbocycles. The summed E-state index contributed by atoms with van der Waals surface area (Å²) in [4.78, 5) is 22.1. The zero-order valence-electron chi connectivity index (χ0n) is 12.5. The Bertz CT molecular complexity index is 818. The number of rotatable bonds is 2. The first-order chi connectivity index (χ1) is 11.4. The number of hydrogen-bond acceptors (Lipinski definition) is 7. The van der Waals surface area contributed by atoms with Crippen molar-refractivity contribution in [2.75, 3.05) is 36.0 Å². The van der Waals surface area contributed by atoms with Gasteiger partial charge in [0.1, 0.15) is 12.1 Å². The molecular weight excluding hydrogens is 292 g/mol. The van der Waals surface area contributed by atoms with E-state index in [2.05, 4.69) is 39.9 Å². The lowest BCUT2D eigenvalue weighted by Gasteiger charge is -2.22. The van der Waals surface area contributed by atoms with E-state index in [1.54, 1.807) is 18.7 Å². The van der Waals surface area contributed by atoms with Crippen LogP contribution in [-0.2, 0) is 0 Å². The summed E-state index contributed by atoms with van der Waals surface area (Å²) in [6.07, 6.45) is 7.02. The van der Waals surface area contributed by atoms with Crippen molar-refractivity contribution in [3.8, 4) is 0 Å². The van der Waals surface area contributed by atoms with Crippen LogP contribution in [0, 0.1) is 11.8 Å². The van der Waals surface area contributed by atoms with Gasteiger partial charge in [-0.25, -0.2) is 19.9 Å². The van der Waals surface area contributed by atoms with Gasteiger partial charge in [-0.3, -0.25) is 5.10 Å². The summed E-state index contributed by atoms with van der Waals surface area (Å²) in [5, 5.41) is 7.98. The summed E-state index contributed by atoms with van der Waals surface area (Å²) in [6, 6.07) is 1.85. The first kappa shape index (κ1) is 12.7. The van der Waals surface area contributed by atoms with Gasteiger partial charge in [0.25, 0.3) is 0 Å². The topological polar surface area (TPSA) is 86.7 Å². The predicted molar refractivity (Wildman–Crippen MR) is 85.1 cm³/mol. The SMILES string of the molecule is c1cnc(N2CC3CN(c4ncnc5[nH]ncc45)CC3C2)nc1. The minimum atomic E-state index is 0.621. The van der Waals surface area contributed by atoms with Crippen LogP contribution in [0.5, 0.6) is 0 Å². The third-order valence-corrected chi connectivity index (χ3v) is 4.85. The van der Waals surface area contributed by atoms with Crippen LogP contribution in [-0.4, -0.2) is 56.3 Å². The summed E-state index contributed by atoms with van der Waals surface area (Å²) in [5.41, 5.74) is 0.798. The minimum Gasteiger partial charge on any atom is -0.355 e. The highest BCUT2D eigenvalue weighted by Gasteiger charge is 2.41. The van der Waals surface area contributed by atoms with Crippen LogP contribution in [0.4, 0.5) is 11.8 Å². The molecule has 2 aliphatic rings. The summed E-state index contributed by atoms with van der Waals surface area (Å²) in [7, 11) is 0. The molecule has 2 fully saturated rings. The smallest absolute Gasteiger partial charge is 0.225 e. The number of anilines is 2. The van der Waals surface area contributed by atoms with Gasteiger partial charge in [-0.15, -0.1) is 0 Å². The van der Waals surface area contributed by atoms with Gasteiger partial charge in [0.2, 0.25) is 5.95 Å².